The van der Waals surface area contributed by atoms with Crippen molar-refractivity contribution in [2.75, 3.05) is 44.8 Å². The zero-order valence-electron chi connectivity index (χ0n) is 26.7. The molecule has 12 nitrogen and oxygen atoms in total. The third-order valence-electron chi connectivity index (χ3n) is 10.7. The molecule has 3 atom stereocenters. The molecule has 0 radical (unpaired) electrons. The maximum atomic E-state index is 14.1. The fraction of sp³-hybridized carbons (Fsp3) is 0.667. The number of nitrogens with two attached hydrogens (primary N) is 1. The van der Waals surface area contributed by atoms with Crippen LogP contribution >= 0.6 is 0 Å². The van der Waals surface area contributed by atoms with E-state index in [4.69, 9.17) is 14.9 Å². The third-order valence-corrected chi connectivity index (χ3v) is 12.2. The zero-order valence-corrected chi connectivity index (χ0v) is 27.5. The van der Waals surface area contributed by atoms with E-state index in [2.05, 4.69) is 10.0 Å². The van der Waals surface area contributed by atoms with Crippen molar-refractivity contribution < 1.29 is 36.3 Å². The Bertz CT molecular complexity index is 1550. The Morgan fingerprint density at radius 2 is 1.68 bits per heavy atom. The van der Waals surface area contributed by atoms with Gasteiger partial charge in [0.15, 0.2) is 5.76 Å². The normalized spacial score (nSPS) is 27.1. The molecule has 258 valence electrons. The molecule has 3 amide bonds. The Morgan fingerprint density at radius 1 is 0.957 bits per heavy atom. The van der Waals surface area contributed by atoms with Crippen LogP contribution < -0.4 is 15.8 Å². The summed E-state index contributed by atoms with van der Waals surface area (Å²) < 4.78 is 52.5. The number of nitrogens with zero attached hydrogens (tertiary/aromatic N) is 2. The number of benzene rings is 1. The highest BCUT2D eigenvalue weighted by molar-refractivity contribution is 7.87. The van der Waals surface area contributed by atoms with E-state index >= 15 is 0 Å². The minimum Gasteiger partial charge on any atom is -0.451 e. The molecule has 2 aromatic rings. The van der Waals surface area contributed by atoms with Gasteiger partial charge in [0.05, 0.1) is 13.2 Å². The first kappa shape index (κ1) is 33.8. The summed E-state index contributed by atoms with van der Waals surface area (Å²) in [5.41, 5.74) is 6.80. The van der Waals surface area contributed by atoms with E-state index in [1.165, 1.54) is 12.5 Å². The molecule has 4 aliphatic rings. The van der Waals surface area contributed by atoms with Gasteiger partial charge in [0.2, 0.25) is 11.8 Å². The number of morpholine rings is 1. The Labute approximate surface area is 275 Å². The maximum Gasteiger partial charge on any atom is 0.304 e. The van der Waals surface area contributed by atoms with Gasteiger partial charge in [0.25, 0.3) is 0 Å². The van der Waals surface area contributed by atoms with Crippen molar-refractivity contribution in [1.82, 2.24) is 13.9 Å². The SMILES string of the molecule is N[C@H](CF)[C@H]1CC[C@H](C(=O)N2CCC(C3CCCCC3)[C@H]2C(=O)Nc2ccc3oc(C(=O)NS(=O)(=O)N4CCOCC4)cc3c2)CC1. The Balaban J connectivity index is 1.16. The lowest BCUT2D eigenvalue weighted by atomic mass is 9.76. The average molecular weight is 676 g/mol. The van der Waals surface area contributed by atoms with Gasteiger partial charge in [0.1, 0.15) is 18.3 Å². The molecule has 2 aliphatic carbocycles. The molecule has 4 fully saturated rings. The van der Waals surface area contributed by atoms with Gasteiger partial charge in [-0.15, -0.1) is 0 Å². The molecule has 2 saturated heterocycles. The molecule has 1 aromatic carbocycles. The standard InChI is InChI=1S/C33H46FN5O7S/c34-20-27(35)22-6-8-23(9-7-22)33(42)39-13-12-26(21-4-2-1-3-5-21)30(39)32(41)36-25-10-11-28-24(18-25)19-29(46-28)31(40)37-47(43,44)38-14-16-45-17-15-38/h10-11,18-19,21-23,26-27,30H,1-9,12-17,20,35H2,(H,36,41)(H,37,40)/t22-,23-,26?,27-,30+/m1/s1. The number of carbonyl (C=O) groups is 3. The number of halogens is 1. The Morgan fingerprint density at radius 3 is 2.38 bits per heavy atom. The Kier molecular flexibility index (Phi) is 10.5. The molecule has 14 heteroatoms. The topological polar surface area (TPSA) is 164 Å². The summed E-state index contributed by atoms with van der Waals surface area (Å²) in [7, 11) is -4.06. The predicted molar refractivity (Wildman–Crippen MR) is 173 cm³/mol. The average Bonchev–Trinajstić information content (AvgIpc) is 3.73. The number of rotatable bonds is 9. The van der Waals surface area contributed by atoms with Crippen molar-refractivity contribution in [2.45, 2.75) is 76.3 Å². The first-order chi connectivity index (χ1) is 22.6. The second-order valence-electron chi connectivity index (χ2n) is 13.6. The highest BCUT2D eigenvalue weighted by atomic mass is 32.2. The lowest BCUT2D eigenvalue weighted by Crippen LogP contribution is -2.50. The highest BCUT2D eigenvalue weighted by Crippen LogP contribution is 2.41. The van der Waals surface area contributed by atoms with Crippen molar-refractivity contribution in [3.05, 3.63) is 30.0 Å². The number of anilines is 1. The van der Waals surface area contributed by atoms with Gasteiger partial charge in [-0.2, -0.15) is 12.7 Å². The van der Waals surface area contributed by atoms with Crippen LogP contribution in [0.5, 0.6) is 0 Å². The number of alkyl halides is 1. The summed E-state index contributed by atoms with van der Waals surface area (Å²) in [4.78, 5) is 42.6. The zero-order chi connectivity index (χ0) is 33.1. The number of fused-ring (bicyclic) bond motifs is 1. The van der Waals surface area contributed by atoms with Gasteiger partial charge in [0, 0.05) is 42.7 Å². The summed E-state index contributed by atoms with van der Waals surface area (Å²) in [5.74, 6) is -0.978. The van der Waals surface area contributed by atoms with Crippen LogP contribution in [0.4, 0.5) is 10.1 Å². The molecular weight excluding hydrogens is 629 g/mol. The molecule has 1 aromatic heterocycles. The summed E-state index contributed by atoms with van der Waals surface area (Å²) in [5, 5.41) is 3.55. The van der Waals surface area contributed by atoms with Crippen LogP contribution in [0.3, 0.4) is 0 Å². The molecule has 1 unspecified atom stereocenters. The number of likely N-dealkylation sites (tertiary alicyclic amines) is 1. The highest BCUT2D eigenvalue weighted by Gasteiger charge is 2.47. The first-order valence-corrected chi connectivity index (χ1v) is 18.4. The number of nitrogens with one attached hydrogen (secondary N) is 2. The smallest absolute Gasteiger partial charge is 0.304 e. The van der Waals surface area contributed by atoms with Crippen LogP contribution in [0.15, 0.2) is 28.7 Å². The fourth-order valence-electron chi connectivity index (χ4n) is 8.08. The van der Waals surface area contributed by atoms with E-state index in [-0.39, 0.29) is 61.6 Å². The molecule has 2 saturated carbocycles. The van der Waals surface area contributed by atoms with Crippen molar-refractivity contribution in [3.8, 4) is 0 Å². The summed E-state index contributed by atoms with van der Waals surface area (Å²) in [6, 6.07) is 5.32. The second-order valence-corrected chi connectivity index (χ2v) is 15.2. The second kappa shape index (κ2) is 14.6. The van der Waals surface area contributed by atoms with Crippen LogP contribution in [0.2, 0.25) is 0 Å². The number of hydrogen-bond acceptors (Lipinski definition) is 8. The molecule has 0 spiro atoms. The summed E-state index contributed by atoms with van der Waals surface area (Å²) in [6.45, 7) is 0.771. The van der Waals surface area contributed by atoms with E-state index in [0.29, 0.717) is 54.8 Å². The lowest BCUT2D eigenvalue weighted by Gasteiger charge is -2.36. The van der Waals surface area contributed by atoms with Crippen LogP contribution in [-0.4, -0.2) is 87.0 Å². The molecule has 0 bridgehead atoms. The van der Waals surface area contributed by atoms with E-state index in [1.54, 1.807) is 23.1 Å². The van der Waals surface area contributed by atoms with Crippen LogP contribution in [-0.2, 0) is 24.5 Å². The minimum absolute atomic E-state index is 0.00343. The van der Waals surface area contributed by atoms with E-state index in [0.717, 1.165) is 36.4 Å². The number of furan rings is 1. The third kappa shape index (κ3) is 7.50. The predicted octanol–water partition coefficient (Wildman–Crippen LogP) is 3.58. The van der Waals surface area contributed by atoms with Gasteiger partial charge in [-0.1, -0.05) is 32.1 Å². The maximum absolute atomic E-state index is 14.1. The number of ether oxygens (including phenoxy) is 1. The summed E-state index contributed by atoms with van der Waals surface area (Å²) in [6.07, 6.45) is 9.05. The van der Waals surface area contributed by atoms with Gasteiger partial charge < -0.3 is 25.1 Å². The number of carbonyl (C=O) groups excluding carboxylic acids is 3. The summed E-state index contributed by atoms with van der Waals surface area (Å²) >= 11 is 0. The molecule has 6 rings (SSSR count). The molecule has 4 N–H and O–H groups in total. The largest absolute Gasteiger partial charge is 0.451 e. The monoisotopic (exact) mass is 675 g/mol. The van der Waals surface area contributed by atoms with Crippen LogP contribution in [0.1, 0.15) is 74.8 Å². The van der Waals surface area contributed by atoms with Crippen LogP contribution in [0.25, 0.3) is 11.0 Å². The van der Waals surface area contributed by atoms with Crippen molar-refractivity contribution >= 4 is 44.6 Å². The molecular formula is C33H46FN5O7S. The van der Waals surface area contributed by atoms with Gasteiger partial charge in [-0.3, -0.25) is 14.4 Å². The van der Waals surface area contributed by atoms with E-state index in [9.17, 15) is 27.2 Å². The quantitative estimate of drug-likeness (QED) is 0.363. The van der Waals surface area contributed by atoms with E-state index in [1.807, 2.05) is 0 Å². The fourth-order valence-corrected chi connectivity index (χ4v) is 9.17. The van der Waals surface area contributed by atoms with Crippen molar-refractivity contribution in [1.29, 1.82) is 0 Å². The van der Waals surface area contributed by atoms with Gasteiger partial charge in [-0.05, 0) is 74.1 Å². The van der Waals surface area contributed by atoms with Crippen molar-refractivity contribution in [3.63, 3.8) is 0 Å². The number of hydrogen-bond donors (Lipinski definition) is 3. The number of amides is 3. The Hall–Kier alpha value is -3.07. The van der Waals surface area contributed by atoms with Gasteiger partial charge in [-0.25, -0.2) is 9.11 Å². The minimum atomic E-state index is -4.06. The first-order valence-electron chi connectivity index (χ1n) is 17.0. The molecule has 3 heterocycles. The van der Waals surface area contributed by atoms with E-state index < -0.39 is 34.9 Å². The van der Waals surface area contributed by atoms with Gasteiger partial charge >= 0.3 is 16.1 Å². The lowest BCUT2D eigenvalue weighted by molar-refractivity contribution is -0.142. The molecule has 47 heavy (non-hydrogen) atoms. The van der Waals surface area contributed by atoms with Crippen LogP contribution in [0, 0.1) is 23.7 Å². The molecule has 2 aliphatic heterocycles. The van der Waals surface area contributed by atoms with Crippen molar-refractivity contribution in [2.24, 2.45) is 29.4 Å².